The van der Waals surface area contributed by atoms with E-state index in [1.807, 2.05) is 0 Å². The first kappa shape index (κ1) is 36.3. The summed E-state index contributed by atoms with van der Waals surface area (Å²) in [6.07, 6.45) is 3.46. The quantitative estimate of drug-likeness (QED) is 0.114. The van der Waals surface area contributed by atoms with E-state index in [0.717, 1.165) is 69.4 Å². The number of benzene rings is 4. The number of hydrogen-bond acceptors (Lipinski definition) is 5. The maximum atomic E-state index is 7.82. The van der Waals surface area contributed by atoms with Crippen LogP contribution in [-0.4, -0.2) is 44.5 Å². The minimum atomic E-state index is -1.98. The van der Waals surface area contributed by atoms with Gasteiger partial charge in [-0.25, -0.2) is 0 Å². The van der Waals surface area contributed by atoms with Crippen molar-refractivity contribution in [1.29, 1.82) is 0 Å². The zero-order valence-electron chi connectivity index (χ0n) is 29.6. The summed E-state index contributed by atoms with van der Waals surface area (Å²) in [5.74, 6) is 3.71. The Kier molecular flexibility index (Phi) is 14.0. The summed E-state index contributed by atoms with van der Waals surface area (Å²) >= 11 is 0. The summed E-state index contributed by atoms with van der Waals surface area (Å²) in [5, 5.41) is 4.40. The highest BCUT2D eigenvalue weighted by Gasteiger charge is 2.37. The molecule has 5 nitrogen and oxygen atoms in total. The monoisotopic (exact) mass is 668 g/mol. The second-order valence-electron chi connectivity index (χ2n) is 11.1. The standard InChI is InChI=1S/C40H52O5Si2/c1-9-29-21-17-25-33(37(29)41-13-5)46(34-26-18-22-30(10-2)38(34)42-14-6)45-47(35-27-19-23-31(11-3)39(35)43-15-7)36-28-20-24-32(12-4)40(36)44-16-8/h17-28H,9-16H2,1-8H3. The van der Waals surface area contributed by atoms with Crippen molar-refractivity contribution in [2.75, 3.05) is 26.4 Å². The molecule has 4 aromatic carbocycles. The molecule has 7 heteroatoms. The van der Waals surface area contributed by atoms with E-state index in [9.17, 15) is 0 Å². The Morgan fingerprint density at radius 1 is 0.362 bits per heavy atom. The number of ether oxygens (including phenoxy) is 4. The minimum Gasteiger partial charge on any atom is -0.494 e. The summed E-state index contributed by atoms with van der Waals surface area (Å²) in [7, 11) is -3.95. The van der Waals surface area contributed by atoms with Gasteiger partial charge in [-0.3, -0.25) is 0 Å². The molecule has 0 N–H and O–H groups in total. The SMILES string of the molecule is CCOc1c(CC)cccc1[Si](O[Si](c1cccc(CC)c1OCC)c1cccc(CC)c1OCC)c1cccc(CC)c1OCC. The predicted octanol–water partition coefficient (Wildman–Crippen LogP) is 6.46. The first-order chi connectivity index (χ1) is 23.0. The van der Waals surface area contributed by atoms with Crippen LogP contribution in [-0.2, 0) is 29.8 Å². The molecule has 4 rings (SSSR count). The number of aryl methyl sites for hydroxylation is 4. The van der Waals surface area contributed by atoms with Crippen molar-refractivity contribution < 1.29 is 23.1 Å². The van der Waals surface area contributed by atoms with Crippen LogP contribution in [0.4, 0.5) is 0 Å². The molecule has 47 heavy (non-hydrogen) atoms. The molecule has 250 valence electrons. The molecular formula is C40H52O5Si2. The molecule has 4 aromatic rings. The van der Waals surface area contributed by atoms with Crippen LogP contribution in [0.5, 0.6) is 23.0 Å². The molecule has 0 aliphatic carbocycles. The zero-order chi connectivity index (χ0) is 33.8. The summed E-state index contributed by atoms with van der Waals surface area (Å²) < 4.78 is 33.7. The van der Waals surface area contributed by atoms with E-state index in [2.05, 4.69) is 128 Å². The first-order valence-electron chi connectivity index (χ1n) is 17.4. The van der Waals surface area contributed by atoms with Gasteiger partial charge in [0.05, 0.1) is 26.4 Å². The molecule has 2 radical (unpaired) electrons. The second-order valence-corrected chi connectivity index (χ2v) is 15.4. The van der Waals surface area contributed by atoms with E-state index < -0.39 is 18.1 Å². The van der Waals surface area contributed by atoms with Gasteiger partial charge in [0.15, 0.2) is 0 Å². The Labute approximate surface area is 286 Å². The summed E-state index contributed by atoms with van der Waals surface area (Å²) in [4.78, 5) is 0. The minimum absolute atomic E-state index is 0.574. The topological polar surface area (TPSA) is 46.2 Å². The summed E-state index contributed by atoms with van der Waals surface area (Å²) in [5.41, 5.74) is 4.72. The van der Waals surface area contributed by atoms with Gasteiger partial charge in [-0.15, -0.1) is 0 Å². The highest BCUT2D eigenvalue weighted by atomic mass is 28.4. The van der Waals surface area contributed by atoms with Crippen molar-refractivity contribution in [1.82, 2.24) is 0 Å². The fourth-order valence-electron chi connectivity index (χ4n) is 6.04. The van der Waals surface area contributed by atoms with Gasteiger partial charge in [0.25, 0.3) is 18.1 Å². The van der Waals surface area contributed by atoms with Crippen LogP contribution in [0.1, 0.15) is 77.6 Å². The van der Waals surface area contributed by atoms with Gasteiger partial charge in [-0.2, -0.15) is 0 Å². The third-order valence-corrected chi connectivity index (χ3v) is 13.4. The van der Waals surface area contributed by atoms with Crippen LogP contribution in [0.3, 0.4) is 0 Å². The summed E-state index contributed by atoms with van der Waals surface area (Å²) in [6, 6.07) is 26.1. The lowest BCUT2D eigenvalue weighted by molar-refractivity contribution is 0.337. The molecule has 0 unspecified atom stereocenters. The third kappa shape index (κ3) is 8.14. The van der Waals surface area contributed by atoms with E-state index in [1.54, 1.807) is 0 Å². The smallest absolute Gasteiger partial charge is 0.280 e. The normalized spacial score (nSPS) is 11.3. The average Bonchev–Trinajstić information content (AvgIpc) is 3.10. The molecule has 0 atom stereocenters. The highest BCUT2D eigenvalue weighted by molar-refractivity contribution is 6.93. The average molecular weight is 669 g/mol. The van der Waals surface area contributed by atoms with Crippen LogP contribution in [0.25, 0.3) is 0 Å². The molecule has 0 aromatic heterocycles. The number of hydrogen-bond donors (Lipinski definition) is 0. The van der Waals surface area contributed by atoms with Gasteiger partial charge in [0.1, 0.15) is 23.0 Å². The molecule has 0 aliphatic heterocycles. The maximum absolute atomic E-state index is 7.82. The molecule has 0 spiro atoms. The third-order valence-electron chi connectivity index (χ3n) is 8.25. The van der Waals surface area contributed by atoms with Gasteiger partial charge >= 0.3 is 0 Å². The van der Waals surface area contributed by atoms with Gasteiger partial charge in [0.2, 0.25) is 0 Å². The predicted molar refractivity (Wildman–Crippen MR) is 199 cm³/mol. The van der Waals surface area contributed by atoms with Crippen molar-refractivity contribution in [2.24, 2.45) is 0 Å². The lowest BCUT2D eigenvalue weighted by atomic mass is 10.1. The lowest BCUT2D eigenvalue weighted by Crippen LogP contribution is -2.57. The van der Waals surface area contributed by atoms with Crippen molar-refractivity contribution in [2.45, 2.75) is 81.1 Å². The van der Waals surface area contributed by atoms with Gasteiger partial charge in [-0.05, 0) is 75.6 Å². The van der Waals surface area contributed by atoms with Crippen molar-refractivity contribution >= 4 is 38.8 Å². The largest absolute Gasteiger partial charge is 0.494 e. The van der Waals surface area contributed by atoms with Crippen molar-refractivity contribution in [3.05, 3.63) is 95.1 Å². The fourth-order valence-corrected chi connectivity index (χ4v) is 11.9. The molecule has 0 heterocycles. The fraction of sp³-hybridized carbons (Fsp3) is 0.400. The molecule has 0 aliphatic rings. The molecule has 0 fully saturated rings. The van der Waals surface area contributed by atoms with Crippen molar-refractivity contribution in [3.8, 4) is 23.0 Å². The second kappa shape index (κ2) is 18.1. The Balaban J connectivity index is 2.11. The number of rotatable bonds is 18. The van der Waals surface area contributed by atoms with Crippen LogP contribution in [0.2, 0.25) is 0 Å². The molecule has 0 amide bonds. The molecular weight excluding hydrogens is 617 g/mol. The lowest BCUT2D eigenvalue weighted by Gasteiger charge is -2.29. The van der Waals surface area contributed by atoms with E-state index >= 15 is 0 Å². The van der Waals surface area contributed by atoms with E-state index in [0.29, 0.717) is 26.4 Å². The van der Waals surface area contributed by atoms with E-state index in [4.69, 9.17) is 23.1 Å². The van der Waals surface area contributed by atoms with Crippen LogP contribution in [0, 0.1) is 0 Å². The molecule has 0 saturated carbocycles. The number of para-hydroxylation sites is 4. The van der Waals surface area contributed by atoms with Gasteiger partial charge in [-0.1, -0.05) is 100 Å². The zero-order valence-corrected chi connectivity index (χ0v) is 31.6. The Hall–Kier alpha value is -3.53. The van der Waals surface area contributed by atoms with Crippen molar-refractivity contribution in [3.63, 3.8) is 0 Å². The van der Waals surface area contributed by atoms with Crippen LogP contribution >= 0.6 is 0 Å². The molecule has 0 bridgehead atoms. The summed E-state index contributed by atoms with van der Waals surface area (Å²) in [6.45, 7) is 19.2. The molecule has 0 saturated heterocycles. The first-order valence-corrected chi connectivity index (χ1v) is 20.2. The van der Waals surface area contributed by atoms with Gasteiger partial charge in [0, 0.05) is 20.7 Å². The maximum Gasteiger partial charge on any atom is 0.280 e. The van der Waals surface area contributed by atoms with Crippen LogP contribution in [0.15, 0.2) is 72.8 Å². The highest BCUT2D eigenvalue weighted by Crippen LogP contribution is 2.26. The van der Waals surface area contributed by atoms with E-state index in [-0.39, 0.29) is 0 Å². The Morgan fingerprint density at radius 2 is 0.596 bits per heavy atom. The van der Waals surface area contributed by atoms with E-state index in [1.165, 1.54) is 22.3 Å². The Bertz CT molecular complexity index is 1360. The van der Waals surface area contributed by atoms with Crippen LogP contribution < -0.4 is 39.7 Å². The van der Waals surface area contributed by atoms with Gasteiger partial charge < -0.3 is 23.1 Å². The Morgan fingerprint density at radius 3 is 0.787 bits per heavy atom.